The summed E-state index contributed by atoms with van der Waals surface area (Å²) in [4.78, 5) is 33.9. The average Bonchev–Trinajstić information content (AvgIpc) is 2.38. The second kappa shape index (κ2) is 7.13. The number of carbonyl (C=O) groups is 3. The molecule has 0 spiro atoms. The number of hydrogen-bond donors (Lipinski definition) is 2. The molecule has 0 aliphatic heterocycles. The van der Waals surface area contributed by atoms with Gasteiger partial charge in [0, 0.05) is 0 Å². The summed E-state index contributed by atoms with van der Waals surface area (Å²) in [6, 6.07) is 5.49. The Morgan fingerprint density at radius 1 is 1.30 bits per heavy atom. The third-order valence-corrected chi connectivity index (χ3v) is 2.31. The summed E-state index contributed by atoms with van der Waals surface area (Å²) in [6.07, 6.45) is -1.15. The first kappa shape index (κ1) is 15.5. The minimum atomic E-state index is -1.15. The van der Waals surface area contributed by atoms with Crippen LogP contribution in [0.1, 0.15) is 24.2 Å². The van der Waals surface area contributed by atoms with Gasteiger partial charge in [-0.3, -0.25) is 10.1 Å². The van der Waals surface area contributed by atoms with E-state index in [9.17, 15) is 14.4 Å². The molecule has 0 saturated carbocycles. The van der Waals surface area contributed by atoms with Crippen molar-refractivity contribution >= 4 is 17.9 Å². The largest absolute Gasteiger partial charge is 0.493 e. The molecule has 3 amide bonds. The standard InChI is InChI=1S/C13H16N2O5/c1-3-19-10-7-5-4-6-9(10)12(17)20-8(2)11(16)15-13(14)18/h4-8H,3H2,1-2H3,(H3,14,15,16,18)/t8-/m0/s1. The Morgan fingerprint density at radius 3 is 2.55 bits per heavy atom. The third kappa shape index (κ3) is 4.27. The molecule has 0 aliphatic carbocycles. The van der Waals surface area contributed by atoms with Crippen molar-refractivity contribution in [3.05, 3.63) is 29.8 Å². The summed E-state index contributed by atoms with van der Waals surface area (Å²) in [6.45, 7) is 3.51. The molecule has 0 saturated heterocycles. The van der Waals surface area contributed by atoms with Gasteiger partial charge in [-0.25, -0.2) is 9.59 Å². The number of benzene rings is 1. The van der Waals surface area contributed by atoms with E-state index >= 15 is 0 Å². The van der Waals surface area contributed by atoms with Crippen molar-refractivity contribution in [3.8, 4) is 5.75 Å². The number of ether oxygens (including phenoxy) is 2. The quantitative estimate of drug-likeness (QED) is 0.776. The van der Waals surface area contributed by atoms with Crippen LogP contribution in [-0.4, -0.2) is 30.6 Å². The van der Waals surface area contributed by atoms with Crippen LogP contribution in [-0.2, 0) is 9.53 Å². The van der Waals surface area contributed by atoms with Crippen molar-refractivity contribution < 1.29 is 23.9 Å². The smallest absolute Gasteiger partial charge is 0.342 e. The zero-order valence-electron chi connectivity index (χ0n) is 11.2. The highest BCUT2D eigenvalue weighted by Crippen LogP contribution is 2.19. The number of urea groups is 1. The van der Waals surface area contributed by atoms with Crippen LogP contribution >= 0.6 is 0 Å². The minimum absolute atomic E-state index is 0.202. The number of nitrogens with two attached hydrogens (primary N) is 1. The van der Waals surface area contributed by atoms with Gasteiger partial charge in [-0.1, -0.05) is 12.1 Å². The minimum Gasteiger partial charge on any atom is -0.493 e. The molecule has 0 heterocycles. The molecule has 0 unspecified atom stereocenters. The van der Waals surface area contributed by atoms with Crippen LogP contribution < -0.4 is 15.8 Å². The lowest BCUT2D eigenvalue weighted by Crippen LogP contribution is -2.42. The van der Waals surface area contributed by atoms with E-state index in [1.807, 2.05) is 5.32 Å². The topological polar surface area (TPSA) is 108 Å². The van der Waals surface area contributed by atoms with Gasteiger partial charge in [0.15, 0.2) is 6.10 Å². The SMILES string of the molecule is CCOc1ccccc1C(=O)O[C@@H](C)C(=O)NC(N)=O. The van der Waals surface area contributed by atoms with Gasteiger partial charge >= 0.3 is 12.0 Å². The van der Waals surface area contributed by atoms with E-state index in [1.165, 1.54) is 13.0 Å². The fraction of sp³-hybridized carbons (Fsp3) is 0.308. The number of imide groups is 1. The van der Waals surface area contributed by atoms with Gasteiger partial charge in [0.2, 0.25) is 0 Å². The summed E-state index contributed by atoms with van der Waals surface area (Å²) in [5.74, 6) is -1.15. The van der Waals surface area contributed by atoms with Crippen molar-refractivity contribution in [2.75, 3.05) is 6.61 Å². The van der Waals surface area contributed by atoms with Crippen molar-refractivity contribution in [2.45, 2.75) is 20.0 Å². The molecule has 0 aliphatic rings. The second-order valence-electron chi connectivity index (χ2n) is 3.83. The van der Waals surface area contributed by atoms with Crippen molar-refractivity contribution in [1.29, 1.82) is 0 Å². The van der Waals surface area contributed by atoms with E-state index < -0.39 is 24.0 Å². The van der Waals surface area contributed by atoms with Crippen molar-refractivity contribution in [1.82, 2.24) is 5.32 Å². The first-order valence-corrected chi connectivity index (χ1v) is 5.98. The van der Waals surface area contributed by atoms with Crippen LogP contribution in [0, 0.1) is 0 Å². The highest BCUT2D eigenvalue weighted by Gasteiger charge is 2.21. The van der Waals surface area contributed by atoms with Gasteiger partial charge in [0.1, 0.15) is 11.3 Å². The molecule has 7 heteroatoms. The molecule has 0 radical (unpaired) electrons. The Bertz CT molecular complexity index is 515. The lowest BCUT2D eigenvalue weighted by molar-refractivity contribution is -0.127. The van der Waals surface area contributed by atoms with E-state index in [2.05, 4.69) is 0 Å². The molecule has 1 atom stereocenters. The Balaban J connectivity index is 2.76. The van der Waals surface area contributed by atoms with Gasteiger partial charge in [-0.2, -0.15) is 0 Å². The van der Waals surface area contributed by atoms with Crippen molar-refractivity contribution in [3.63, 3.8) is 0 Å². The Kier molecular flexibility index (Phi) is 5.52. The van der Waals surface area contributed by atoms with Crippen LogP contribution in [0.4, 0.5) is 4.79 Å². The molecule has 1 rings (SSSR count). The predicted molar refractivity (Wildman–Crippen MR) is 70.2 cm³/mol. The first-order chi connectivity index (χ1) is 9.45. The summed E-state index contributed by atoms with van der Waals surface area (Å²) in [7, 11) is 0. The Morgan fingerprint density at radius 2 is 1.95 bits per heavy atom. The summed E-state index contributed by atoms with van der Waals surface area (Å²) >= 11 is 0. The van der Waals surface area contributed by atoms with E-state index in [4.69, 9.17) is 15.2 Å². The van der Waals surface area contributed by atoms with Gasteiger partial charge in [0.05, 0.1) is 6.61 Å². The average molecular weight is 280 g/mol. The third-order valence-electron chi connectivity index (χ3n) is 2.31. The Labute approximate surface area is 116 Å². The number of para-hydroxylation sites is 1. The molecule has 1 aromatic rings. The predicted octanol–water partition coefficient (Wildman–Crippen LogP) is 0.826. The van der Waals surface area contributed by atoms with E-state index in [-0.39, 0.29) is 5.56 Å². The fourth-order valence-electron chi connectivity index (χ4n) is 1.42. The Hall–Kier alpha value is -2.57. The fourth-order valence-corrected chi connectivity index (χ4v) is 1.42. The highest BCUT2D eigenvalue weighted by atomic mass is 16.5. The number of hydrogen-bond acceptors (Lipinski definition) is 5. The van der Waals surface area contributed by atoms with E-state index in [1.54, 1.807) is 25.1 Å². The zero-order chi connectivity index (χ0) is 15.1. The molecular weight excluding hydrogens is 264 g/mol. The number of primary amides is 1. The van der Waals surface area contributed by atoms with Gasteiger partial charge in [-0.05, 0) is 26.0 Å². The molecule has 0 bridgehead atoms. The normalized spacial score (nSPS) is 11.3. The molecule has 108 valence electrons. The van der Waals surface area contributed by atoms with Crippen LogP contribution in [0.15, 0.2) is 24.3 Å². The molecule has 7 nitrogen and oxygen atoms in total. The van der Waals surface area contributed by atoms with Gasteiger partial charge in [-0.15, -0.1) is 0 Å². The molecule has 1 aromatic carbocycles. The molecule has 0 fully saturated rings. The maximum absolute atomic E-state index is 11.9. The summed E-state index contributed by atoms with van der Waals surface area (Å²) in [5.41, 5.74) is 5.01. The first-order valence-electron chi connectivity index (χ1n) is 5.98. The maximum atomic E-state index is 11.9. The summed E-state index contributed by atoms with van der Waals surface area (Å²) < 4.78 is 10.2. The lowest BCUT2D eigenvalue weighted by atomic mass is 10.2. The number of nitrogens with one attached hydrogen (secondary N) is 1. The lowest BCUT2D eigenvalue weighted by Gasteiger charge is -2.14. The second-order valence-corrected chi connectivity index (χ2v) is 3.83. The zero-order valence-corrected chi connectivity index (χ0v) is 11.2. The summed E-state index contributed by atoms with van der Waals surface area (Å²) in [5, 5.41) is 1.83. The number of amides is 3. The molecular formula is C13H16N2O5. The highest BCUT2D eigenvalue weighted by molar-refractivity contribution is 5.98. The van der Waals surface area contributed by atoms with Gasteiger partial charge in [0.25, 0.3) is 5.91 Å². The van der Waals surface area contributed by atoms with Crippen LogP contribution in [0.5, 0.6) is 5.75 Å². The monoisotopic (exact) mass is 280 g/mol. The number of carbonyl (C=O) groups excluding carboxylic acids is 3. The van der Waals surface area contributed by atoms with Crippen LogP contribution in [0.3, 0.4) is 0 Å². The van der Waals surface area contributed by atoms with Crippen LogP contribution in [0.2, 0.25) is 0 Å². The molecule has 3 N–H and O–H groups in total. The van der Waals surface area contributed by atoms with Gasteiger partial charge < -0.3 is 15.2 Å². The maximum Gasteiger partial charge on any atom is 0.342 e. The number of esters is 1. The van der Waals surface area contributed by atoms with E-state index in [0.717, 1.165) is 0 Å². The van der Waals surface area contributed by atoms with Crippen molar-refractivity contribution in [2.24, 2.45) is 5.73 Å². The van der Waals surface area contributed by atoms with E-state index in [0.29, 0.717) is 12.4 Å². The van der Waals surface area contributed by atoms with Crippen LogP contribution in [0.25, 0.3) is 0 Å². The molecule has 20 heavy (non-hydrogen) atoms. The molecule has 0 aromatic heterocycles. The number of rotatable bonds is 5.